The monoisotopic (exact) mass is 289 g/mol. The second-order valence-corrected chi connectivity index (χ2v) is 5.41. The number of aliphatic hydroxyl groups excluding tert-OH is 1. The van der Waals surface area contributed by atoms with Gasteiger partial charge in [-0.15, -0.1) is 0 Å². The molecule has 0 saturated heterocycles. The highest BCUT2D eigenvalue weighted by molar-refractivity contribution is 5.99. The number of carbonyl (C=O) groups excluding carboxylic acids is 1. The lowest BCUT2D eigenvalue weighted by Gasteiger charge is -2.15. The summed E-state index contributed by atoms with van der Waals surface area (Å²) in [5.74, 6) is -0.494. The van der Waals surface area contributed by atoms with E-state index in [1.807, 2.05) is 19.9 Å². The molecule has 1 unspecified atom stereocenters. The van der Waals surface area contributed by atoms with Gasteiger partial charge in [0.25, 0.3) is 5.91 Å². The van der Waals surface area contributed by atoms with E-state index in [1.165, 1.54) is 0 Å². The molecule has 0 aliphatic rings. The van der Waals surface area contributed by atoms with Gasteiger partial charge >= 0.3 is 5.63 Å². The number of aryl methyl sites for hydroxylation is 1. The first kappa shape index (κ1) is 15.3. The van der Waals surface area contributed by atoms with E-state index in [0.29, 0.717) is 11.1 Å². The molecule has 0 spiro atoms. The van der Waals surface area contributed by atoms with Crippen molar-refractivity contribution in [3.8, 4) is 0 Å². The minimum Gasteiger partial charge on any atom is -0.422 e. The van der Waals surface area contributed by atoms with E-state index < -0.39 is 17.6 Å². The summed E-state index contributed by atoms with van der Waals surface area (Å²) in [6.45, 7) is 5.52. The number of para-hydroxylation sites is 1. The van der Waals surface area contributed by atoms with Crippen molar-refractivity contribution in [1.29, 1.82) is 0 Å². The third kappa shape index (κ3) is 3.13. The Morgan fingerprint density at radius 1 is 1.33 bits per heavy atom. The van der Waals surface area contributed by atoms with Crippen molar-refractivity contribution in [2.75, 3.05) is 6.54 Å². The van der Waals surface area contributed by atoms with E-state index in [-0.39, 0.29) is 18.0 Å². The van der Waals surface area contributed by atoms with E-state index in [2.05, 4.69) is 5.32 Å². The average molecular weight is 289 g/mol. The van der Waals surface area contributed by atoms with Gasteiger partial charge in [-0.3, -0.25) is 4.79 Å². The van der Waals surface area contributed by atoms with Crippen molar-refractivity contribution in [1.82, 2.24) is 5.32 Å². The molecule has 2 N–H and O–H groups in total. The lowest BCUT2D eigenvalue weighted by molar-refractivity contribution is 0.0868. The van der Waals surface area contributed by atoms with Crippen LogP contribution in [0.1, 0.15) is 29.8 Å². The Bertz CT molecular complexity index is 718. The van der Waals surface area contributed by atoms with E-state index in [9.17, 15) is 14.7 Å². The Morgan fingerprint density at radius 2 is 2.00 bits per heavy atom. The summed E-state index contributed by atoms with van der Waals surface area (Å²) < 4.78 is 5.17. The van der Waals surface area contributed by atoms with E-state index in [1.54, 1.807) is 25.1 Å². The van der Waals surface area contributed by atoms with Crippen LogP contribution >= 0.6 is 0 Å². The summed E-state index contributed by atoms with van der Waals surface area (Å²) in [4.78, 5) is 24.2. The van der Waals surface area contributed by atoms with Crippen molar-refractivity contribution >= 4 is 16.9 Å². The normalized spacial score (nSPS) is 12.6. The van der Waals surface area contributed by atoms with E-state index >= 15 is 0 Å². The zero-order valence-corrected chi connectivity index (χ0v) is 12.3. The zero-order chi connectivity index (χ0) is 15.6. The fourth-order valence-electron chi connectivity index (χ4n) is 2.09. The molecule has 112 valence electrons. The van der Waals surface area contributed by atoms with Crippen LogP contribution in [0, 0.1) is 12.8 Å². The predicted octanol–water partition coefficient (Wildman–Crippen LogP) is 1.85. The molecule has 2 aromatic rings. The number of hydrogen-bond donors (Lipinski definition) is 2. The molecule has 1 heterocycles. The first-order valence-electron chi connectivity index (χ1n) is 6.90. The molecular weight excluding hydrogens is 270 g/mol. The maximum absolute atomic E-state index is 12.2. The van der Waals surface area contributed by atoms with Gasteiger partial charge in [0.15, 0.2) is 0 Å². The molecule has 0 aliphatic heterocycles. The van der Waals surface area contributed by atoms with Gasteiger partial charge in [0.05, 0.1) is 6.10 Å². The smallest absolute Gasteiger partial charge is 0.349 e. The maximum atomic E-state index is 12.2. The number of nitrogens with one attached hydrogen (secondary N) is 1. The number of hydrogen-bond acceptors (Lipinski definition) is 4. The van der Waals surface area contributed by atoms with Crippen LogP contribution in [0.5, 0.6) is 0 Å². The Morgan fingerprint density at radius 3 is 2.67 bits per heavy atom. The Kier molecular flexibility index (Phi) is 4.43. The quantitative estimate of drug-likeness (QED) is 0.842. The first-order valence-corrected chi connectivity index (χ1v) is 6.90. The van der Waals surface area contributed by atoms with Gasteiger partial charge in [-0.2, -0.15) is 0 Å². The molecule has 0 fully saturated rings. The molecule has 0 bridgehead atoms. The molecule has 5 nitrogen and oxygen atoms in total. The van der Waals surface area contributed by atoms with Crippen LogP contribution < -0.4 is 10.9 Å². The van der Waals surface area contributed by atoms with Crippen LogP contribution in [-0.2, 0) is 0 Å². The minimum absolute atomic E-state index is 0.00958. The Hall–Kier alpha value is -2.14. The fraction of sp³-hybridized carbons (Fsp3) is 0.375. The van der Waals surface area contributed by atoms with Gasteiger partial charge in [0.2, 0.25) is 0 Å². The molecule has 0 radical (unpaired) electrons. The van der Waals surface area contributed by atoms with Crippen molar-refractivity contribution in [3.63, 3.8) is 0 Å². The SMILES string of the molecule is Cc1c(C(=O)NCC(O)C(C)C)c(=O)oc2ccccc12. The molecular formula is C16H19NO4. The highest BCUT2D eigenvalue weighted by atomic mass is 16.4. The fourth-order valence-corrected chi connectivity index (χ4v) is 2.09. The average Bonchev–Trinajstić information content (AvgIpc) is 2.44. The van der Waals surface area contributed by atoms with E-state index in [4.69, 9.17) is 4.42 Å². The predicted molar refractivity (Wildman–Crippen MR) is 80.4 cm³/mol. The molecule has 5 heteroatoms. The van der Waals surface area contributed by atoms with Crippen molar-refractivity contribution in [3.05, 3.63) is 45.8 Å². The number of amides is 1. The molecule has 1 aromatic heterocycles. The molecule has 2 rings (SSSR count). The summed E-state index contributed by atoms with van der Waals surface area (Å²) in [6, 6.07) is 7.07. The van der Waals surface area contributed by atoms with Crippen LogP contribution in [0.15, 0.2) is 33.5 Å². The van der Waals surface area contributed by atoms with Gasteiger partial charge in [-0.1, -0.05) is 32.0 Å². The lowest BCUT2D eigenvalue weighted by atomic mass is 10.0. The largest absolute Gasteiger partial charge is 0.422 e. The third-order valence-electron chi connectivity index (χ3n) is 3.54. The van der Waals surface area contributed by atoms with Crippen LogP contribution in [0.4, 0.5) is 0 Å². The number of carbonyl (C=O) groups is 1. The van der Waals surface area contributed by atoms with Crippen LogP contribution in [0.3, 0.4) is 0 Å². The van der Waals surface area contributed by atoms with Gasteiger partial charge in [0, 0.05) is 11.9 Å². The van der Waals surface area contributed by atoms with Crippen LogP contribution in [0.2, 0.25) is 0 Å². The Balaban J connectivity index is 2.33. The second-order valence-electron chi connectivity index (χ2n) is 5.41. The highest BCUT2D eigenvalue weighted by Gasteiger charge is 2.19. The van der Waals surface area contributed by atoms with Gasteiger partial charge in [0.1, 0.15) is 11.1 Å². The topological polar surface area (TPSA) is 79.5 Å². The number of benzene rings is 1. The first-order chi connectivity index (χ1) is 9.91. The third-order valence-corrected chi connectivity index (χ3v) is 3.54. The number of fused-ring (bicyclic) bond motifs is 1. The van der Waals surface area contributed by atoms with Gasteiger partial charge in [-0.05, 0) is 24.5 Å². The molecule has 1 aromatic carbocycles. The van der Waals surface area contributed by atoms with Crippen LogP contribution in [0.25, 0.3) is 11.0 Å². The molecule has 1 amide bonds. The van der Waals surface area contributed by atoms with Crippen LogP contribution in [-0.4, -0.2) is 23.7 Å². The number of aliphatic hydroxyl groups is 1. The van der Waals surface area contributed by atoms with Crippen molar-refractivity contribution < 1.29 is 14.3 Å². The molecule has 21 heavy (non-hydrogen) atoms. The molecule has 0 saturated carbocycles. The standard InChI is InChI=1S/C16H19NO4/c1-9(2)12(18)8-17-15(19)14-10(3)11-6-4-5-7-13(11)21-16(14)20/h4-7,9,12,18H,8H2,1-3H3,(H,17,19). The lowest BCUT2D eigenvalue weighted by Crippen LogP contribution is -2.37. The summed E-state index contributed by atoms with van der Waals surface area (Å²) in [7, 11) is 0. The second kappa shape index (κ2) is 6.10. The summed E-state index contributed by atoms with van der Waals surface area (Å²) in [5, 5.41) is 13.0. The zero-order valence-electron chi connectivity index (χ0n) is 12.3. The van der Waals surface area contributed by atoms with Gasteiger partial charge < -0.3 is 14.8 Å². The van der Waals surface area contributed by atoms with E-state index in [0.717, 1.165) is 5.39 Å². The van der Waals surface area contributed by atoms with Gasteiger partial charge in [-0.25, -0.2) is 4.79 Å². The van der Waals surface area contributed by atoms with Crippen molar-refractivity contribution in [2.24, 2.45) is 5.92 Å². The summed E-state index contributed by atoms with van der Waals surface area (Å²) >= 11 is 0. The summed E-state index contributed by atoms with van der Waals surface area (Å²) in [6.07, 6.45) is -0.651. The van der Waals surface area contributed by atoms with Crippen molar-refractivity contribution in [2.45, 2.75) is 26.9 Å². The molecule has 1 atom stereocenters. The maximum Gasteiger partial charge on any atom is 0.349 e. The minimum atomic E-state index is -0.664. The Labute approximate surface area is 122 Å². The number of rotatable bonds is 4. The summed E-state index contributed by atoms with van der Waals surface area (Å²) in [5.41, 5.74) is 0.365. The highest BCUT2D eigenvalue weighted by Crippen LogP contribution is 2.18. The molecule has 0 aliphatic carbocycles.